The second-order valence-electron chi connectivity index (χ2n) is 30.3. The van der Waals surface area contributed by atoms with Gasteiger partial charge in [0.05, 0.1) is 12.2 Å². The van der Waals surface area contributed by atoms with Gasteiger partial charge in [-0.1, -0.05) is 258 Å². The molecule has 0 saturated carbocycles. The number of rotatable bonds is 26. The molecule has 470 valence electrons. The van der Waals surface area contributed by atoms with Crippen LogP contribution in [-0.2, 0) is 9.47 Å². The molecule has 0 spiro atoms. The van der Waals surface area contributed by atoms with Crippen molar-refractivity contribution in [1.82, 2.24) is 10.6 Å². The van der Waals surface area contributed by atoms with Gasteiger partial charge in [0.15, 0.2) is 0 Å². The molecule has 0 amide bonds. The Morgan fingerprint density at radius 2 is 0.766 bits per heavy atom. The highest BCUT2D eigenvalue weighted by molar-refractivity contribution is 5.01. The van der Waals surface area contributed by atoms with Crippen LogP contribution in [0, 0.1) is 81.3 Å². The molecule has 0 aliphatic rings. The van der Waals surface area contributed by atoms with Crippen molar-refractivity contribution in [2.24, 2.45) is 69.5 Å². The lowest BCUT2D eigenvalue weighted by molar-refractivity contribution is 0.0604. The Hall–Kier alpha value is -1.12. The first-order chi connectivity index (χ1) is 34.9. The van der Waals surface area contributed by atoms with Crippen LogP contribution < -0.4 is 10.6 Å². The van der Waals surface area contributed by atoms with Gasteiger partial charge in [0, 0.05) is 37.6 Å². The summed E-state index contributed by atoms with van der Waals surface area (Å²) in [6.07, 6.45) is 25.1. The number of nitrogens with one attached hydrogen (secondary N) is 2. The Labute approximate surface area is 493 Å². The predicted octanol–water partition coefficient (Wildman–Crippen LogP) is 23.6. The molecule has 0 aromatic rings. The quantitative estimate of drug-likeness (QED) is 0.0515. The van der Waals surface area contributed by atoms with E-state index in [0.29, 0.717) is 58.3 Å². The molecular weight excluding hydrogens is 937 g/mol. The highest BCUT2D eigenvalue weighted by Crippen LogP contribution is 2.20. The fourth-order valence-electron chi connectivity index (χ4n) is 5.77. The summed E-state index contributed by atoms with van der Waals surface area (Å²) in [5, 5.41) is 6.80. The van der Waals surface area contributed by atoms with Crippen molar-refractivity contribution in [1.29, 1.82) is 0 Å². The summed E-state index contributed by atoms with van der Waals surface area (Å²) >= 11 is 0. The van der Waals surface area contributed by atoms with E-state index < -0.39 is 0 Å². The van der Waals surface area contributed by atoms with E-state index in [2.05, 4.69) is 289 Å². The van der Waals surface area contributed by atoms with Gasteiger partial charge < -0.3 is 20.1 Å². The van der Waals surface area contributed by atoms with Crippen molar-refractivity contribution in [3.63, 3.8) is 0 Å². The second kappa shape index (κ2) is 61.0. The maximum Gasteiger partial charge on any atom is 0.0518 e. The maximum atomic E-state index is 5.42. The van der Waals surface area contributed by atoms with Crippen LogP contribution in [0.2, 0.25) is 0 Å². The molecule has 0 bridgehead atoms. The predicted molar refractivity (Wildman–Crippen MR) is 362 cm³/mol. The van der Waals surface area contributed by atoms with Gasteiger partial charge in [0.25, 0.3) is 0 Å². The van der Waals surface area contributed by atoms with Crippen molar-refractivity contribution in [3.8, 4) is 11.8 Å². The maximum absolute atomic E-state index is 5.42. The Morgan fingerprint density at radius 3 is 1.09 bits per heavy atom. The molecule has 0 atom stereocenters. The zero-order chi connectivity index (χ0) is 62.4. The molecule has 2 N–H and O–H groups in total. The molecule has 0 fully saturated rings. The van der Waals surface area contributed by atoms with Gasteiger partial charge in [-0.05, 0) is 156 Å². The minimum Gasteiger partial charge on any atom is -0.379 e. The van der Waals surface area contributed by atoms with E-state index in [0.717, 1.165) is 68.1 Å². The Kier molecular flexibility index (Phi) is 73.1. The highest BCUT2D eigenvalue weighted by atomic mass is 16.5. The fraction of sp³-hybridized carbons (Fsp3) is 0.918. The summed E-state index contributed by atoms with van der Waals surface area (Å²) in [7, 11) is 0. The lowest BCUT2D eigenvalue weighted by Gasteiger charge is -2.19. The molecule has 0 heterocycles. The number of hydrogen-bond acceptors (Lipinski definition) is 4. The fourth-order valence-corrected chi connectivity index (χ4v) is 5.77. The summed E-state index contributed by atoms with van der Waals surface area (Å²) < 4.78 is 10.8. The van der Waals surface area contributed by atoms with Gasteiger partial charge in [-0.2, -0.15) is 0 Å². The standard InChI is InChI=1S/C10H20.2C9H21N.2C9H20O.C9H20.C9H18.C9H16/c1-9(2)7-6-8-10(3,4)5;1-8(2)10-7-6-9(3,4)5;1-8(2)6-5-7-10-9(3)4;1-8(2)10-7-6-9(3,4)5;1-8(2)6-5-7-10-9(3)4;3*1-8(2)6-5-7-9(3)4/h6-7,9H,8H2,1-5H3;8,10H,6-7H2,1-5H3;8-10H,5-7H2,1-4H3;8H,6-7H2,1-5H3;8-9H,5-7H2,1-4H3;8-9H,5-7H2,1-4H3;5-6,8-9H,7H2,1-4H3;8-9H,6H2,1-4H3/b7-6+;;;;;;6-5+;. The first kappa shape index (κ1) is 92.3. The van der Waals surface area contributed by atoms with Crippen LogP contribution in [0.3, 0.4) is 0 Å². The summed E-state index contributed by atoms with van der Waals surface area (Å²) in [5.41, 5.74) is 1.34. The van der Waals surface area contributed by atoms with E-state index >= 15 is 0 Å². The molecule has 4 nitrogen and oxygen atoms in total. The molecule has 0 aliphatic carbocycles. The lowest BCUT2D eigenvalue weighted by Crippen LogP contribution is -2.26. The van der Waals surface area contributed by atoms with Crippen molar-refractivity contribution >= 4 is 0 Å². The zero-order valence-corrected chi connectivity index (χ0v) is 60.4. The monoisotopic (exact) mass is 1090 g/mol. The summed E-state index contributed by atoms with van der Waals surface area (Å²) in [6, 6.07) is 1.27. The van der Waals surface area contributed by atoms with Crippen molar-refractivity contribution in [2.45, 2.75) is 344 Å². The molecule has 0 aromatic carbocycles. The average Bonchev–Trinajstić information content (AvgIpc) is 3.20. The Bertz CT molecular complexity index is 1140. The van der Waals surface area contributed by atoms with Gasteiger partial charge in [0.2, 0.25) is 0 Å². The minimum atomic E-state index is 0.377. The molecule has 4 heteroatoms. The Balaban J connectivity index is -0.000000118. The first-order valence-electron chi connectivity index (χ1n) is 32.4. The van der Waals surface area contributed by atoms with E-state index in [4.69, 9.17) is 9.47 Å². The van der Waals surface area contributed by atoms with E-state index in [1.807, 2.05) is 0 Å². The van der Waals surface area contributed by atoms with Crippen LogP contribution in [0.5, 0.6) is 0 Å². The number of hydrogen-bond donors (Lipinski definition) is 2. The smallest absolute Gasteiger partial charge is 0.0518 e. The van der Waals surface area contributed by atoms with Crippen LogP contribution in [0.15, 0.2) is 24.3 Å². The van der Waals surface area contributed by atoms with Crippen molar-refractivity contribution in [2.75, 3.05) is 26.3 Å². The van der Waals surface area contributed by atoms with E-state index in [-0.39, 0.29) is 0 Å². The first-order valence-corrected chi connectivity index (χ1v) is 32.4. The van der Waals surface area contributed by atoms with Crippen LogP contribution in [0.25, 0.3) is 0 Å². The highest BCUT2D eigenvalue weighted by Gasteiger charge is 2.10. The third-order valence-corrected chi connectivity index (χ3v) is 10.5. The van der Waals surface area contributed by atoms with Crippen molar-refractivity contribution < 1.29 is 9.47 Å². The zero-order valence-electron chi connectivity index (χ0n) is 60.4. The SMILES string of the molecule is CC(C)/C=C/CC(C)(C)C.CC(C)/C=C/CC(C)C.CC(C)C#CCC(C)C.CC(C)CCCC(C)C.CC(C)CCCNC(C)C.CC(C)CCCOC(C)C.CC(C)NCCC(C)(C)C.CC(C)OCCC(C)(C)C. The summed E-state index contributed by atoms with van der Waals surface area (Å²) in [6.45, 7) is 81.6. The molecule has 77 heavy (non-hydrogen) atoms. The molecular formula is C73H156N2O2. The van der Waals surface area contributed by atoms with Crippen LogP contribution >= 0.6 is 0 Å². The molecule has 0 radical (unpaired) electrons. The third kappa shape index (κ3) is 148. The van der Waals surface area contributed by atoms with Crippen LogP contribution in [0.1, 0.15) is 319 Å². The topological polar surface area (TPSA) is 42.5 Å². The number of allylic oxidation sites excluding steroid dienone is 4. The lowest BCUT2D eigenvalue weighted by atomic mass is 9.92. The van der Waals surface area contributed by atoms with Gasteiger partial charge in [-0.25, -0.2) is 0 Å². The van der Waals surface area contributed by atoms with E-state index in [9.17, 15) is 0 Å². The third-order valence-electron chi connectivity index (χ3n) is 10.5. The van der Waals surface area contributed by atoms with E-state index in [1.54, 1.807) is 0 Å². The van der Waals surface area contributed by atoms with Gasteiger partial charge in [0.1, 0.15) is 0 Å². The summed E-state index contributed by atoms with van der Waals surface area (Å²) in [5.74, 6) is 13.2. The molecule has 0 rings (SSSR count). The molecule has 0 unspecified atom stereocenters. The molecule has 0 aliphatic heterocycles. The molecule has 0 aromatic heterocycles. The van der Waals surface area contributed by atoms with E-state index in [1.165, 1.54) is 70.8 Å². The normalized spacial score (nSPS) is 11.8. The second-order valence-corrected chi connectivity index (χ2v) is 30.3. The molecule has 0 saturated heterocycles. The minimum absolute atomic E-state index is 0.377. The van der Waals surface area contributed by atoms with Gasteiger partial charge in [-0.15, -0.1) is 11.8 Å². The van der Waals surface area contributed by atoms with Crippen LogP contribution in [-0.4, -0.2) is 50.6 Å². The largest absolute Gasteiger partial charge is 0.379 e. The van der Waals surface area contributed by atoms with Crippen molar-refractivity contribution in [3.05, 3.63) is 24.3 Å². The average molecular weight is 1090 g/mol. The van der Waals surface area contributed by atoms with Crippen LogP contribution in [0.4, 0.5) is 0 Å². The number of ether oxygens (including phenoxy) is 2. The van der Waals surface area contributed by atoms with Gasteiger partial charge in [-0.3, -0.25) is 0 Å². The van der Waals surface area contributed by atoms with Gasteiger partial charge >= 0.3 is 0 Å². The Morgan fingerprint density at radius 1 is 0.390 bits per heavy atom. The summed E-state index contributed by atoms with van der Waals surface area (Å²) in [4.78, 5) is 0.